The van der Waals surface area contributed by atoms with Crippen molar-refractivity contribution in [2.75, 3.05) is 23.3 Å². The van der Waals surface area contributed by atoms with E-state index in [9.17, 15) is 4.79 Å². The Morgan fingerprint density at radius 1 is 1.00 bits per heavy atom. The Labute approximate surface area is 178 Å². The van der Waals surface area contributed by atoms with Crippen molar-refractivity contribution < 1.29 is 4.79 Å². The Morgan fingerprint density at radius 3 is 2.60 bits per heavy atom. The lowest BCUT2D eigenvalue weighted by molar-refractivity contribution is -0.120. The Kier molecular flexibility index (Phi) is 5.79. The molecule has 5 heteroatoms. The topological polar surface area (TPSA) is 58.1 Å². The first-order valence-corrected chi connectivity index (χ1v) is 10.5. The Bertz CT molecular complexity index is 1050. The van der Waals surface area contributed by atoms with Crippen LogP contribution < -0.4 is 10.2 Å². The van der Waals surface area contributed by atoms with Gasteiger partial charge in [0, 0.05) is 24.3 Å². The van der Waals surface area contributed by atoms with E-state index in [1.807, 2.05) is 42.5 Å². The molecule has 1 N–H and O–H groups in total. The zero-order valence-electron chi connectivity index (χ0n) is 17.9. The van der Waals surface area contributed by atoms with E-state index in [-0.39, 0.29) is 11.8 Å². The SMILES string of the molecule is Cc1cccc(-c2ccc(N3CCC[C@H](C(=O)Nc4ccc(C)c(C)c4)C3)nn2)c1. The number of rotatable bonds is 4. The number of piperidine rings is 1. The molecule has 2 heterocycles. The summed E-state index contributed by atoms with van der Waals surface area (Å²) >= 11 is 0. The first-order valence-electron chi connectivity index (χ1n) is 10.5. The Hall–Kier alpha value is -3.21. The second kappa shape index (κ2) is 8.66. The third-order valence-electron chi connectivity index (χ3n) is 5.85. The maximum Gasteiger partial charge on any atom is 0.229 e. The average Bonchev–Trinajstić information content (AvgIpc) is 2.76. The van der Waals surface area contributed by atoms with Gasteiger partial charge in [0.15, 0.2) is 5.82 Å². The van der Waals surface area contributed by atoms with E-state index in [1.165, 1.54) is 16.7 Å². The minimum absolute atomic E-state index is 0.0568. The van der Waals surface area contributed by atoms with E-state index >= 15 is 0 Å². The first kappa shape index (κ1) is 20.1. The van der Waals surface area contributed by atoms with Gasteiger partial charge in [0.2, 0.25) is 5.91 Å². The molecule has 4 rings (SSSR count). The molecule has 2 aromatic carbocycles. The average molecular weight is 401 g/mol. The highest BCUT2D eigenvalue weighted by atomic mass is 16.1. The third-order valence-corrected chi connectivity index (χ3v) is 5.85. The number of nitrogens with zero attached hydrogens (tertiary/aromatic N) is 3. The van der Waals surface area contributed by atoms with Gasteiger partial charge in [0.1, 0.15) is 0 Å². The molecule has 154 valence electrons. The quantitative estimate of drug-likeness (QED) is 0.675. The molecule has 3 aromatic rings. The summed E-state index contributed by atoms with van der Waals surface area (Å²) in [5, 5.41) is 12.0. The highest BCUT2D eigenvalue weighted by Crippen LogP contribution is 2.25. The smallest absolute Gasteiger partial charge is 0.229 e. The van der Waals surface area contributed by atoms with Crippen LogP contribution in [0.4, 0.5) is 11.5 Å². The molecule has 1 aromatic heterocycles. The summed E-state index contributed by atoms with van der Waals surface area (Å²) in [5.41, 5.74) is 6.41. The molecule has 1 aliphatic heterocycles. The van der Waals surface area contributed by atoms with E-state index in [1.54, 1.807) is 0 Å². The lowest BCUT2D eigenvalue weighted by atomic mass is 9.97. The summed E-state index contributed by atoms with van der Waals surface area (Å²) in [5.74, 6) is 0.848. The van der Waals surface area contributed by atoms with Crippen LogP contribution in [-0.2, 0) is 4.79 Å². The summed E-state index contributed by atoms with van der Waals surface area (Å²) in [6.07, 6.45) is 1.86. The van der Waals surface area contributed by atoms with E-state index in [0.717, 1.165) is 42.1 Å². The van der Waals surface area contributed by atoms with Crippen LogP contribution in [-0.4, -0.2) is 29.2 Å². The maximum atomic E-state index is 12.8. The number of benzene rings is 2. The molecule has 1 saturated heterocycles. The molecule has 0 aliphatic carbocycles. The summed E-state index contributed by atoms with van der Waals surface area (Å²) in [4.78, 5) is 15.0. The van der Waals surface area contributed by atoms with Crippen molar-refractivity contribution in [2.45, 2.75) is 33.6 Å². The molecule has 0 spiro atoms. The van der Waals surface area contributed by atoms with Gasteiger partial charge in [-0.2, -0.15) is 0 Å². The summed E-state index contributed by atoms with van der Waals surface area (Å²) in [6, 6.07) is 18.3. The van der Waals surface area contributed by atoms with Gasteiger partial charge >= 0.3 is 0 Å². The van der Waals surface area contributed by atoms with Crippen LogP contribution in [0.1, 0.15) is 29.5 Å². The standard InChI is InChI=1S/C25H28N4O/c1-17-6-4-7-20(14-17)23-11-12-24(28-27-23)29-13-5-8-21(16-29)25(30)26-22-10-9-18(2)19(3)15-22/h4,6-7,9-12,14-15,21H,5,8,13,16H2,1-3H3,(H,26,30)/t21-/m0/s1. The number of amides is 1. The predicted octanol–water partition coefficient (Wildman–Crippen LogP) is 4.92. The lowest BCUT2D eigenvalue weighted by Gasteiger charge is -2.32. The van der Waals surface area contributed by atoms with Crippen LogP contribution in [0.15, 0.2) is 54.6 Å². The van der Waals surface area contributed by atoms with Crippen LogP contribution >= 0.6 is 0 Å². The second-order valence-corrected chi connectivity index (χ2v) is 8.22. The van der Waals surface area contributed by atoms with Crippen molar-refractivity contribution in [1.82, 2.24) is 10.2 Å². The number of anilines is 2. The van der Waals surface area contributed by atoms with Gasteiger partial charge in [0.05, 0.1) is 11.6 Å². The van der Waals surface area contributed by atoms with Crippen LogP contribution in [0, 0.1) is 26.7 Å². The molecule has 0 saturated carbocycles. The zero-order chi connectivity index (χ0) is 21.1. The van der Waals surface area contributed by atoms with Gasteiger partial charge in [-0.25, -0.2) is 0 Å². The zero-order valence-corrected chi connectivity index (χ0v) is 17.9. The number of hydrogen-bond donors (Lipinski definition) is 1. The fraction of sp³-hybridized carbons (Fsp3) is 0.320. The fourth-order valence-corrected chi connectivity index (χ4v) is 3.91. The molecule has 1 fully saturated rings. The number of hydrogen-bond acceptors (Lipinski definition) is 4. The van der Waals surface area contributed by atoms with E-state index in [2.05, 4.69) is 53.3 Å². The van der Waals surface area contributed by atoms with Gasteiger partial charge < -0.3 is 10.2 Å². The number of aryl methyl sites for hydroxylation is 3. The maximum absolute atomic E-state index is 12.8. The number of carbonyl (C=O) groups excluding carboxylic acids is 1. The monoisotopic (exact) mass is 400 g/mol. The van der Waals surface area contributed by atoms with Gasteiger partial charge in [-0.05, 0) is 75.1 Å². The highest BCUT2D eigenvalue weighted by Gasteiger charge is 2.27. The van der Waals surface area contributed by atoms with E-state index in [4.69, 9.17) is 0 Å². The Balaban J connectivity index is 1.43. The fourth-order valence-electron chi connectivity index (χ4n) is 3.91. The van der Waals surface area contributed by atoms with Gasteiger partial charge in [-0.15, -0.1) is 10.2 Å². The normalized spacial score (nSPS) is 16.4. The van der Waals surface area contributed by atoms with E-state index < -0.39 is 0 Å². The van der Waals surface area contributed by atoms with Gasteiger partial charge in [0.25, 0.3) is 0 Å². The molecule has 5 nitrogen and oxygen atoms in total. The minimum Gasteiger partial charge on any atom is -0.354 e. The number of aromatic nitrogens is 2. The summed E-state index contributed by atoms with van der Waals surface area (Å²) in [6.45, 7) is 7.76. The minimum atomic E-state index is -0.0568. The third kappa shape index (κ3) is 4.51. The van der Waals surface area contributed by atoms with Crippen molar-refractivity contribution in [3.63, 3.8) is 0 Å². The van der Waals surface area contributed by atoms with Crippen LogP contribution in [0.2, 0.25) is 0 Å². The molecule has 0 radical (unpaired) electrons. The summed E-state index contributed by atoms with van der Waals surface area (Å²) in [7, 11) is 0. The van der Waals surface area contributed by atoms with Gasteiger partial charge in [-0.3, -0.25) is 4.79 Å². The summed E-state index contributed by atoms with van der Waals surface area (Å²) < 4.78 is 0. The highest BCUT2D eigenvalue weighted by molar-refractivity contribution is 5.93. The Morgan fingerprint density at radius 2 is 1.87 bits per heavy atom. The van der Waals surface area contributed by atoms with Crippen LogP contribution in [0.3, 0.4) is 0 Å². The number of carbonyl (C=O) groups is 1. The van der Waals surface area contributed by atoms with Crippen molar-refractivity contribution in [2.24, 2.45) is 5.92 Å². The molecule has 30 heavy (non-hydrogen) atoms. The van der Waals surface area contributed by atoms with Crippen molar-refractivity contribution in [3.05, 3.63) is 71.3 Å². The van der Waals surface area contributed by atoms with Gasteiger partial charge in [-0.1, -0.05) is 29.8 Å². The lowest BCUT2D eigenvalue weighted by Crippen LogP contribution is -2.41. The van der Waals surface area contributed by atoms with Crippen LogP contribution in [0.5, 0.6) is 0 Å². The predicted molar refractivity (Wildman–Crippen MR) is 122 cm³/mol. The first-order chi connectivity index (χ1) is 14.5. The van der Waals surface area contributed by atoms with Crippen molar-refractivity contribution in [3.8, 4) is 11.3 Å². The molecule has 0 unspecified atom stereocenters. The molecule has 0 bridgehead atoms. The molecule has 1 amide bonds. The number of nitrogens with one attached hydrogen (secondary N) is 1. The van der Waals surface area contributed by atoms with Crippen LogP contribution in [0.25, 0.3) is 11.3 Å². The molecular formula is C25H28N4O. The second-order valence-electron chi connectivity index (χ2n) is 8.22. The molecular weight excluding hydrogens is 372 g/mol. The molecule has 1 aliphatic rings. The van der Waals surface area contributed by atoms with Crippen molar-refractivity contribution >= 4 is 17.4 Å². The largest absolute Gasteiger partial charge is 0.354 e. The van der Waals surface area contributed by atoms with E-state index in [0.29, 0.717) is 6.54 Å². The molecule has 1 atom stereocenters. The van der Waals surface area contributed by atoms with Crippen molar-refractivity contribution in [1.29, 1.82) is 0 Å².